The Hall–Kier alpha value is -0.550. The van der Waals surface area contributed by atoms with Crippen molar-refractivity contribution in [1.29, 1.82) is 0 Å². The largest absolute Gasteiger partial charge is 0.506 e. The van der Waals surface area contributed by atoms with Crippen LogP contribution in [0.25, 0.3) is 0 Å². The number of phenols is 1. The second-order valence-corrected chi connectivity index (χ2v) is 9.30. The quantitative estimate of drug-likeness (QED) is 0.461. The topological polar surface area (TPSA) is 61.4 Å². The van der Waals surface area contributed by atoms with Gasteiger partial charge in [0.25, 0.3) is 5.91 Å². The van der Waals surface area contributed by atoms with E-state index in [1.165, 1.54) is 16.9 Å². The number of carbonyl (C=O) groups excluding carboxylic acids is 1. The smallest absolute Gasteiger partial charge is 0.256 e. The van der Waals surface area contributed by atoms with Crippen LogP contribution in [-0.2, 0) is 12.8 Å². The van der Waals surface area contributed by atoms with Crippen molar-refractivity contribution < 1.29 is 9.90 Å². The van der Waals surface area contributed by atoms with Crippen molar-refractivity contribution in [3.05, 3.63) is 40.8 Å². The van der Waals surface area contributed by atoms with Crippen LogP contribution < -0.4 is 10.6 Å². The van der Waals surface area contributed by atoms with E-state index in [0.717, 1.165) is 37.0 Å². The molecule has 3 N–H and O–H groups in total. The summed E-state index contributed by atoms with van der Waals surface area (Å²) >= 11 is 6.04. The fraction of sp³-hybridized carbons (Fsp3) is 0.312. The highest BCUT2D eigenvalue weighted by atomic mass is 127. The number of amides is 1. The van der Waals surface area contributed by atoms with Gasteiger partial charge in [0.05, 0.1) is 9.13 Å². The molecule has 7 heteroatoms. The molecule has 1 aliphatic carbocycles. The third-order valence-electron chi connectivity index (χ3n) is 4.32. The van der Waals surface area contributed by atoms with Crippen LogP contribution >= 0.6 is 56.5 Å². The SMILES string of the molecule is O=C1NC(c2cc(I)cc(I)c2O)Nc2sc3c(c21)CCCC3. The number of hydrogen-bond acceptors (Lipinski definition) is 4. The molecule has 4 rings (SSSR count). The molecule has 0 spiro atoms. The lowest BCUT2D eigenvalue weighted by Gasteiger charge is -2.27. The fourth-order valence-electron chi connectivity index (χ4n) is 3.24. The Balaban J connectivity index is 1.76. The lowest BCUT2D eigenvalue weighted by molar-refractivity contribution is 0.0935. The molecule has 2 aliphatic rings. The molecule has 0 fully saturated rings. The molecule has 23 heavy (non-hydrogen) atoms. The van der Waals surface area contributed by atoms with Gasteiger partial charge < -0.3 is 15.7 Å². The second-order valence-electron chi connectivity index (χ2n) is 5.79. The molecule has 0 radical (unpaired) electrons. The van der Waals surface area contributed by atoms with E-state index in [1.54, 1.807) is 11.3 Å². The van der Waals surface area contributed by atoms with Gasteiger partial charge in [-0.25, -0.2) is 0 Å². The summed E-state index contributed by atoms with van der Waals surface area (Å²) in [5, 5.41) is 17.7. The Morgan fingerprint density at radius 2 is 1.96 bits per heavy atom. The number of nitrogens with one attached hydrogen (secondary N) is 2. The minimum atomic E-state index is -0.390. The Labute approximate surface area is 165 Å². The minimum absolute atomic E-state index is 0.0311. The number of benzene rings is 1. The first-order valence-electron chi connectivity index (χ1n) is 7.44. The van der Waals surface area contributed by atoms with Gasteiger partial charge in [-0.2, -0.15) is 0 Å². The number of anilines is 1. The third-order valence-corrected chi connectivity index (χ3v) is 6.99. The summed E-state index contributed by atoms with van der Waals surface area (Å²) < 4.78 is 1.82. The molecule has 2 aromatic rings. The molecular formula is C16H14I2N2O2S. The van der Waals surface area contributed by atoms with Gasteiger partial charge in [0, 0.05) is 14.0 Å². The van der Waals surface area contributed by atoms with Crippen molar-refractivity contribution >= 4 is 67.4 Å². The Kier molecular flexibility index (Phi) is 4.21. The number of halogens is 2. The number of thiophene rings is 1. The van der Waals surface area contributed by atoms with Crippen LogP contribution in [0.2, 0.25) is 0 Å². The van der Waals surface area contributed by atoms with Crippen LogP contribution in [0.15, 0.2) is 12.1 Å². The van der Waals surface area contributed by atoms with Gasteiger partial charge in [-0.3, -0.25) is 4.79 Å². The predicted octanol–water partition coefficient (Wildman–Crippen LogP) is 4.40. The van der Waals surface area contributed by atoms with E-state index in [9.17, 15) is 9.90 Å². The van der Waals surface area contributed by atoms with Crippen molar-refractivity contribution in [3.63, 3.8) is 0 Å². The molecule has 1 unspecified atom stereocenters. The summed E-state index contributed by atoms with van der Waals surface area (Å²) in [5.41, 5.74) is 2.76. The zero-order valence-corrected chi connectivity index (χ0v) is 17.2. The van der Waals surface area contributed by atoms with Crippen molar-refractivity contribution in [1.82, 2.24) is 5.32 Å². The summed E-state index contributed by atoms with van der Waals surface area (Å²) in [7, 11) is 0. The van der Waals surface area contributed by atoms with Gasteiger partial charge in [-0.05, 0) is 88.6 Å². The zero-order valence-electron chi connectivity index (χ0n) is 12.1. The summed E-state index contributed by atoms with van der Waals surface area (Å²) in [6, 6.07) is 3.83. The lowest BCUT2D eigenvalue weighted by Crippen LogP contribution is -2.38. The molecule has 1 atom stereocenters. The number of aromatic hydroxyl groups is 1. The zero-order chi connectivity index (χ0) is 16.1. The second kappa shape index (κ2) is 6.07. The molecule has 1 amide bonds. The summed E-state index contributed by atoms with van der Waals surface area (Å²) in [5.74, 6) is 0.199. The first-order chi connectivity index (χ1) is 11.0. The summed E-state index contributed by atoms with van der Waals surface area (Å²) in [4.78, 5) is 14.0. The lowest BCUT2D eigenvalue weighted by atomic mass is 9.94. The van der Waals surface area contributed by atoms with Crippen LogP contribution in [0.5, 0.6) is 5.75 Å². The monoisotopic (exact) mass is 552 g/mol. The average Bonchev–Trinajstić information content (AvgIpc) is 2.89. The van der Waals surface area contributed by atoms with E-state index in [1.807, 2.05) is 12.1 Å². The molecule has 120 valence electrons. The van der Waals surface area contributed by atoms with Crippen molar-refractivity contribution in [3.8, 4) is 5.75 Å². The van der Waals surface area contributed by atoms with Crippen LogP contribution in [0, 0.1) is 7.14 Å². The van der Waals surface area contributed by atoms with Crippen LogP contribution in [0.4, 0.5) is 5.00 Å². The molecule has 0 saturated heterocycles. The van der Waals surface area contributed by atoms with Crippen LogP contribution in [-0.4, -0.2) is 11.0 Å². The fourth-order valence-corrected chi connectivity index (χ4v) is 6.44. The first kappa shape index (κ1) is 15.9. The third kappa shape index (κ3) is 2.74. The molecule has 1 aromatic heterocycles. The van der Waals surface area contributed by atoms with E-state index in [0.29, 0.717) is 5.56 Å². The van der Waals surface area contributed by atoms with Crippen molar-refractivity contribution in [2.75, 3.05) is 5.32 Å². The van der Waals surface area contributed by atoms with Gasteiger partial charge in [0.1, 0.15) is 16.9 Å². The van der Waals surface area contributed by atoms with Gasteiger partial charge in [0.2, 0.25) is 0 Å². The van der Waals surface area contributed by atoms with Gasteiger partial charge in [-0.15, -0.1) is 11.3 Å². The molecular weight excluding hydrogens is 538 g/mol. The average molecular weight is 552 g/mol. The molecule has 2 heterocycles. The standard InChI is InChI=1S/C16H14I2N2O2S/c17-7-5-9(13(21)10(18)6-7)14-19-15(22)12-8-3-1-2-4-11(8)23-16(12)20-14/h5-6,14,20-21H,1-4H2,(H,19,22). The van der Waals surface area contributed by atoms with E-state index >= 15 is 0 Å². The molecule has 0 saturated carbocycles. The number of phenolic OH excluding ortho intramolecular Hbond substituents is 1. The predicted molar refractivity (Wildman–Crippen MR) is 108 cm³/mol. The minimum Gasteiger partial charge on any atom is -0.506 e. The van der Waals surface area contributed by atoms with E-state index < -0.39 is 6.17 Å². The number of carbonyl (C=O) groups is 1. The number of fused-ring (bicyclic) bond motifs is 3. The summed E-state index contributed by atoms with van der Waals surface area (Å²) in [6.45, 7) is 0. The molecule has 1 aromatic carbocycles. The van der Waals surface area contributed by atoms with E-state index in [2.05, 4.69) is 55.8 Å². The Morgan fingerprint density at radius 3 is 2.78 bits per heavy atom. The normalized spacial score (nSPS) is 19.6. The maximum absolute atomic E-state index is 12.7. The van der Waals surface area contributed by atoms with Gasteiger partial charge in [-0.1, -0.05) is 0 Å². The summed E-state index contributed by atoms with van der Waals surface area (Å²) in [6.07, 6.45) is 4.03. The maximum Gasteiger partial charge on any atom is 0.256 e. The van der Waals surface area contributed by atoms with Gasteiger partial charge >= 0.3 is 0 Å². The molecule has 1 aliphatic heterocycles. The highest BCUT2D eigenvalue weighted by Gasteiger charge is 2.33. The van der Waals surface area contributed by atoms with Crippen LogP contribution in [0.3, 0.4) is 0 Å². The first-order valence-corrected chi connectivity index (χ1v) is 10.4. The maximum atomic E-state index is 12.7. The number of rotatable bonds is 1. The molecule has 0 bridgehead atoms. The van der Waals surface area contributed by atoms with E-state index in [4.69, 9.17) is 0 Å². The highest BCUT2D eigenvalue weighted by molar-refractivity contribution is 14.1. The molecule has 4 nitrogen and oxygen atoms in total. The Morgan fingerprint density at radius 1 is 1.17 bits per heavy atom. The van der Waals surface area contributed by atoms with Crippen molar-refractivity contribution in [2.24, 2.45) is 0 Å². The van der Waals surface area contributed by atoms with Crippen LogP contribution in [0.1, 0.15) is 45.4 Å². The number of hydrogen-bond donors (Lipinski definition) is 3. The highest BCUT2D eigenvalue weighted by Crippen LogP contribution is 2.42. The van der Waals surface area contributed by atoms with E-state index in [-0.39, 0.29) is 11.7 Å². The van der Waals surface area contributed by atoms with Crippen molar-refractivity contribution in [2.45, 2.75) is 31.8 Å². The Bertz CT molecular complexity index is 819. The number of aryl methyl sites for hydroxylation is 1. The van der Waals surface area contributed by atoms with Gasteiger partial charge in [0.15, 0.2) is 0 Å².